The van der Waals surface area contributed by atoms with E-state index in [9.17, 15) is 4.39 Å². The van der Waals surface area contributed by atoms with Crippen LogP contribution in [0.3, 0.4) is 0 Å². The molecule has 1 aromatic heterocycles. The lowest BCUT2D eigenvalue weighted by Gasteiger charge is -2.12. The van der Waals surface area contributed by atoms with Gasteiger partial charge in [0, 0.05) is 18.5 Å². The van der Waals surface area contributed by atoms with Crippen LogP contribution < -0.4 is 4.74 Å². The smallest absolute Gasteiger partial charge is 0.162 e. The Labute approximate surface area is 195 Å². The van der Waals surface area contributed by atoms with Crippen molar-refractivity contribution in [2.24, 2.45) is 11.8 Å². The fraction of sp³-hybridized carbons (Fsp3) is 0.643. The Morgan fingerprint density at radius 1 is 0.875 bits per heavy atom. The van der Waals surface area contributed by atoms with Gasteiger partial charge in [-0.1, -0.05) is 85.5 Å². The Bertz CT molecular complexity index is 761. The number of rotatable bonds is 16. The topological polar surface area (TPSA) is 35.0 Å². The second-order valence-corrected chi connectivity index (χ2v) is 9.66. The minimum Gasteiger partial charge on any atom is -0.493 e. The van der Waals surface area contributed by atoms with Gasteiger partial charge in [0.05, 0.1) is 12.2 Å². The molecule has 0 aliphatic heterocycles. The van der Waals surface area contributed by atoms with Crippen LogP contribution >= 0.6 is 0 Å². The van der Waals surface area contributed by atoms with Crippen LogP contribution in [-0.4, -0.2) is 16.6 Å². The maximum Gasteiger partial charge on any atom is 0.162 e. The Kier molecular flexibility index (Phi) is 12.3. The molecule has 0 saturated carbocycles. The van der Waals surface area contributed by atoms with E-state index in [1.807, 2.05) is 18.5 Å². The Balaban J connectivity index is 1.78. The molecule has 0 saturated heterocycles. The third kappa shape index (κ3) is 10.1. The second kappa shape index (κ2) is 15.0. The average molecular weight is 443 g/mol. The molecule has 178 valence electrons. The fourth-order valence-corrected chi connectivity index (χ4v) is 3.99. The van der Waals surface area contributed by atoms with Crippen molar-refractivity contribution in [3.05, 3.63) is 42.0 Å². The summed E-state index contributed by atoms with van der Waals surface area (Å²) in [6, 6.07) is 4.98. The van der Waals surface area contributed by atoms with Gasteiger partial charge in [-0.3, -0.25) is 0 Å². The van der Waals surface area contributed by atoms with Crippen LogP contribution in [0.4, 0.5) is 4.39 Å². The minimum absolute atomic E-state index is 0.336. The van der Waals surface area contributed by atoms with Gasteiger partial charge in [-0.05, 0) is 42.4 Å². The summed E-state index contributed by atoms with van der Waals surface area (Å²) in [7, 11) is 0. The molecule has 1 heterocycles. The van der Waals surface area contributed by atoms with Crippen LogP contribution in [0, 0.1) is 17.7 Å². The van der Waals surface area contributed by atoms with E-state index in [-0.39, 0.29) is 5.82 Å². The van der Waals surface area contributed by atoms with Gasteiger partial charge in [-0.2, -0.15) is 0 Å². The lowest BCUT2D eigenvalue weighted by Crippen LogP contribution is -2.03. The molecule has 1 unspecified atom stereocenters. The highest BCUT2D eigenvalue weighted by Gasteiger charge is 2.11. The van der Waals surface area contributed by atoms with Gasteiger partial charge in [-0.15, -0.1) is 0 Å². The van der Waals surface area contributed by atoms with Gasteiger partial charge in [0.1, 0.15) is 11.6 Å². The summed E-state index contributed by atoms with van der Waals surface area (Å²) >= 11 is 0. The standard InChI is InChI=1S/C28H43FN2O/c1-5-6-7-8-9-10-11-17-32-25-15-16-26(27(29)19-25)28-30-20-24(21-31-28)18-23(4)14-12-13-22(2)3/h15-16,19-23H,5-14,17-18H2,1-4H3. The Morgan fingerprint density at radius 3 is 2.22 bits per heavy atom. The number of hydrogen-bond acceptors (Lipinski definition) is 3. The first-order valence-electron chi connectivity index (χ1n) is 12.7. The van der Waals surface area contributed by atoms with Crippen molar-refractivity contribution < 1.29 is 9.13 Å². The predicted molar refractivity (Wildman–Crippen MR) is 132 cm³/mol. The van der Waals surface area contributed by atoms with E-state index in [0.717, 1.165) is 24.3 Å². The minimum atomic E-state index is -0.336. The molecule has 0 aliphatic rings. The number of benzene rings is 1. The molecular formula is C28H43FN2O. The molecule has 0 fully saturated rings. The van der Waals surface area contributed by atoms with Gasteiger partial charge in [0.15, 0.2) is 5.82 Å². The van der Waals surface area contributed by atoms with Crippen molar-refractivity contribution >= 4 is 0 Å². The Morgan fingerprint density at radius 2 is 1.56 bits per heavy atom. The van der Waals surface area contributed by atoms with Gasteiger partial charge in [0.2, 0.25) is 0 Å². The molecule has 32 heavy (non-hydrogen) atoms. The zero-order valence-corrected chi connectivity index (χ0v) is 20.7. The fourth-order valence-electron chi connectivity index (χ4n) is 3.99. The highest BCUT2D eigenvalue weighted by molar-refractivity contribution is 5.57. The molecular weight excluding hydrogens is 399 g/mol. The molecule has 0 radical (unpaired) electrons. The summed E-state index contributed by atoms with van der Waals surface area (Å²) in [6.07, 6.45) is 17.0. The van der Waals surface area contributed by atoms with Crippen molar-refractivity contribution in [3.63, 3.8) is 0 Å². The van der Waals surface area contributed by atoms with Gasteiger partial charge in [-0.25, -0.2) is 14.4 Å². The highest BCUT2D eigenvalue weighted by Crippen LogP contribution is 2.24. The number of aromatic nitrogens is 2. The maximum absolute atomic E-state index is 14.6. The molecule has 0 N–H and O–H groups in total. The lowest BCUT2D eigenvalue weighted by atomic mass is 9.95. The van der Waals surface area contributed by atoms with Crippen molar-refractivity contribution in [3.8, 4) is 17.1 Å². The van der Waals surface area contributed by atoms with Crippen molar-refractivity contribution in [2.75, 3.05) is 6.61 Å². The van der Waals surface area contributed by atoms with Crippen molar-refractivity contribution in [1.82, 2.24) is 9.97 Å². The number of hydrogen-bond donors (Lipinski definition) is 0. The molecule has 2 rings (SSSR count). The predicted octanol–water partition coefficient (Wildman–Crippen LogP) is 8.42. The van der Waals surface area contributed by atoms with Crippen LogP contribution in [0.5, 0.6) is 5.75 Å². The quantitative estimate of drug-likeness (QED) is 0.245. The number of halogens is 1. The molecule has 0 bridgehead atoms. The van der Waals surface area contributed by atoms with E-state index in [0.29, 0.717) is 29.7 Å². The first-order chi connectivity index (χ1) is 15.5. The summed E-state index contributed by atoms with van der Waals surface area (Å²) in [4.78, 5) is 8.85. The third-order valence-electron chi connectivity index (χ3n) is 5.97. The molecule has 0 spiro atoms. The van der Waals surface area contributed by atoms with Gasteiger partial charge < -0.3 is 4.74 Å². The molecule has 3 nitrogen and oxygen atoms in total. The third-order valence-corrected chi connectivity index (χ3v) is 5.97. The molecule has 0 aliphatic carbocycles. The number of unbranched alkanes of at least 4 members (excludes halogenated alkanes) is 6. The monoisotopic (exact) mass is 442 g/mol. The number of nitrogens with zero attached hydrogens (tertiary/aromatic N) is 2. The molecule has 1 aromatic carbocycles. The molecule has 1 atom stereocenters. The summed E-state index contributed by atoms with van der Waals surface area (Å²) in [6.45, 7) is 9.68. The van der Waals surface area contributed by atoms with E-state index in [2.05, 4.69) is 37.7 Å². The summed E-state index contributed by atoms with van der Waals surface area (Å²) in [5.41, 5.74) is 1.53. The summed E-state index contributed by atoms with van der Waals surface area (Å²) < 4.78 is 20.4. The second-order valence-electron chi connectivity index (χ2n) is 9.66. The van der Waals surface area contributed by atoms with Crippen LogP contribution in [0.15, 0.2) is 30.6 Å². The number of ether oxygens (including phenoxy) is 1. The first-order valence-corrected chi connectivity index (χ1v) is 12.7. The van der Waals surface area contributed by atoms with E-state index >= 15 is 0 Å². The van der Waals surface area contributed by atoms with Crippen LogP contribution in [0.2, 0.25) is 0 Å². The van der Waals surface area contributed by atoms with E-state index in [1.54, 1.807) is 6.07 Å². The average Bonchev–Trinajstić information content (AvgIpc) is 2.76. The van der Waals surface area contributed by atoms with Crippen molar-refractivity contribution in [1.29, 1.82) is 0 Å². The molecule has 2 aromatic rings. The Hall–Kier alpha value is -1.97. The summed E-state index contributed by atoms with van der Waals surface area (Å²) in [5, 5.41) is 0. The van der Waals surface area contributed by atoms with Crippen molar-refractivity contribution in [2.45, 2.75) is 98.3 Å². The highest BCUT2D eigenvalue weighted by atomic mass is 19.1. The normalized spacial score (nSPS) is 12.3. The van der Waals surface area contributed by atoms with Gasteiger partial charge in [0.25, 0.3) is 0 Å². The lowest BCUT2D eigenvalue weighted by molar-refractivity contribution is 0.303. The van der Waals surface area contributed by atoms with E-state index in [1.165, 1.54) is 63.9 Å². The van der Waals surface area contributed by atoms with E-state index in [4.69, 9.17) is 4.74 Å². The van der Waals surface area contributed by atoms with Crippen LogP contribution in [-0.2, 0) is 6.42 Å². The zero-order valence-electron chi connectivity index (χ0n) is 20.7. The SMILES string of the molecule is CCCCCCCCCOc1ccc(-c2ncc(CC(C)CCCC(C)C)cn2)c(F)c1. The van der Waals surface area contributed by atoms with Gasteiger partial charge >= 0.3 is 0 Å². The largest absolute Gasteiger partial charge is 0.493 e. The zero-order chi connectivity index (χ0) is 23.2. The molecule has 0 amide bonds. The maximum atomic E-state index is 14.6. The van der Waals surface area contributed by atoms with Crippen LogP contribution in [0.25, 0.3) is 11.4 Å². The molecule has 4 heteroatoms. The van der Waals surface area contributed by atoms with Crippen LogP contribution in [0.1, 0.15) is 97.5 Å². The summed E-state index contributed by atoms with van der Waals surface area (Å²) in [5.74, 6) is 2.03. The van der Waals surface area contributed by atoms with E-state index < -0.39 is 0 Å². The first kappa shape index (κ1) is 26.3.